The van der Waals surface area contributed by atoms with Crippen molar-refractivity contribution in [1.82, 2.24) is 0 Å². The molecule has 0 unspecified atom stereocenters. The lowest BCUT2D eigenvalue weighted by atomic mass is 10.0. The molecule has 4 rings (SSSR count). The number of ether oxygens (including phenoxy) is 1. The van der Waals surface area contributed by atoms with Crippen LogP contribution in [-0.2, 0) is 11.2 Å². The van der Waals surface area contributed by atoms with E-state index in [0.29, 0.717) is 11.0 Å². The van der Waals surface area contributed by atoms with E-state index >= 15 is 0 Å². The smallest absolute Gasteiger partial charge is 0.341 e. The van der Waals surface area contributed by atoms with Gasteiger partial charge >= 0.3 is 5.97 Å². The SMILES string of the molecule is O=C(O)COc1cccc2c1CCCCN2CCSC(c1ccccc1)c1ccccc1. The normalized spacial score (nSPS) is 13.5. The molecule has 0 atom stereocenters. The topological polar surface area (TPSA) is 49.8 Å². The predicted molar refractivity (Wildman–Crippen MR) is 132 cm³/mol. The van der Waals surface area contributed by atoms with Crippen molar-refractivity contribution in [3.05, 3.63) is 95.6 Å². The van der Waals surface area contributed by atoms with Crippen LogP contribution in [0.15, 0.2) is 78.9 Å². The first kappa shape index (κ1) is 22.3. The molecule has 0 fully saturated rings. The molecule has 0 bridgehead atoms. The van der Waals surface area contributed by atoms with Crippen LogP contribution in [0.2, 0.25) is 0 Å². The lowest BCUT2D eigenvalue weighted by Crippen LogP contribution is -2.27. The fourth-order valence-corrected chi connectivity index (χ4v) is 5.52. The number of rotatable bonds is 9. The first-order valence-electron chi connectivity index (χ1n) is 11.2. The second-order valence-electron chi connectivity index (χ2n) is 7.95. The number of benzene rings is 3. The van der Waals surface area contributed by atoms with Crippen LogP contribution >= 0.6 is 11.8 Å². The number of thioether (sulfide) groups is 1. The quantitative estimate of drug-likeness (QED) is 0.448. The van der Waals surface area contributed by atoms with Gasteiger partial charge in [-0.3, -0.25) is 0 Å². The van der Waals surface area contributed by atoms with Crippen LogP contribution in [-0.4, -0.2) is 36.5 Å². The zero-order chi connectivity index (χ0) is 22.2. The molecule has 1 heterocycles. The van der Waals surface area contributed by atoms with Gasteiger partial charge in [0.1, 0.15) is 5.75 Å². The van der Waals surface area contributed by atoms with Crippen LogP contribution in [0.5, 0.6) is 5.75 Å². The highest BCUT2D eigenvalue weighted by atomic mass is 32.2. The van der Waals surface area contributed by atoms with E-state index in [-0.39, 0.29) is 6.61 Å². The average Bonchev–Trinajstić information content (AvgIpc) is 3.04. The molecule has 0 radical (unpaired) electrons. The number of fused-ring (bicyclic) bond motifs is 1. The van der Waals surface area contributed by atoms with Crippen molar-refractivity contribution in [3.63, 3.8) is 0 Å². The van der Waals surface area contributed by atoms with Crippen molar-refractivity contribution >= 4 is 23.4 Å². The Balaban J connectivity index is 1.48. The molecule has 1 aliphatic heterocycles. The standard InChI is InChI=1S/C27H29NO3S/c29-26(30)20-31-25-16-9-15-24-23(25)14-7-8-17-28(24)18-19-32-27(21-10-3-1-4-11-21)22-12-5-2-6-13-22/h1-6,9-13,15-16,27H,7-8,14,17-20H2,(H,29,30). The number of carboxylic acid groups (broad SMARTS) is 1. The number of nitrogens with zero attached hydrogens (tertiary/aromatic N) is 1. The second kappa shape index (κ2) is 11.1. The molecular weight excluding hydrogens is 418 g/mol. The van der Waals surface area contributed by atoms with E-state index in [1.807, 2.05) is 23.9 Å². The monoisotopic (exact) mass is 447 g/mol. The molecule has 5 heteroatoms. The van der Waals surface area contributed by atoms with Gasteiger partial charge in [0, 0.05) is 30.1 Å². The van der Waals surface area contributed by atoms with Crippen molar-refractivity contribution in [2.24, 2.45) is 0 Å². The summed E-state index contributed by atoms with van der Waals surface area (Å²) >= 11 is 1.97. The van der Waals surface area contributed by atoms with Crippen LogP contribution in [0, 0.1) is 0 Å². The number of carboxylic acids is 1. The lowest BCUT2D eigenvalue weighted by Gasteiger charge is -2.27. The van der Waals surface area contributed by atoms with Gasteiger partial charge in [0.2, 0.25) is 0 Å². The molecule has 4 nitrogen and oxygen atoms in total. The van der Waals surface area contributed by atoms with Crippen LogP contribution in [0.25, 0.3) is 0 Å². The Morgan fingerprint density at radius 3 is 2.28 bits per heavy atom. The summed E-state index contributed by atoms with van der Waals surface area (Å²) in [6.45, 7) is 1.65. The Kier molecular flexibility index (Phi) is 7.73. The minimum Gasteiger partial charge on any atom is -0.482 e. The van der Waals surface area contributed by atoms with E-state index in [1.165, 1.54) is 16.8 Å². The zero-order valence-electron chi connectivity index (χ0n) is 18.2. The third-order valence-corrected chi connectivity index (χ3v) is 7.05. The average molecular weight is 448 g/mol. The lowest BCUT2D eigenvalue weighted by molar-refractivity contribution is -0.139. The van der Waals surface area contributed by atoms with Crippen molar-refractivity contribution < 1.29 is 14.6 Å². The molecule has 32 heavy (non-hydrogen) atoms. The van der Waals surface area contributed by atoms with Gasteiger partial charge in [0.15, 0.2) is 6.61 Å². The number of aliphatic carboxylic acids is 1. The summed E-state index contributed by atoms with van der Waals surface area (Å²) in [5.41, 5.74) is 4.97. The van der Waals surface area contributed by atoms with Gasteiger partial charge in [-0.2, -0.15) is 0 Å². The van der Waals surface area contributed by atoms with Crippen LogP contribution in [0.1, 0.15) is 34.8 Å². The maximum Gasteiger partial charge on any atom is 0.341 e. The Bertz CT molecular complexity index is 970. The summed E-state index contributed by atoms with van der Waals surface area (Å²) in [6.07, 6.45) is 3.13. The molecule has 166 valence electrons. The summed E-state index contributed by atoms with van der Waals surface area (Å²) in [5.74, 6) is 0.752. The van der Waals surface area contributed by atoms with Gasteiger partial charge in [-0.05, 0) is 42.5 Å². The predicted octanol–water partition coefficient (Wildman–Crippen LogP) is 5.82. The molecule has 0 saturated carbocycles. The van der Waals surface area contributed by atoms with Gasteiger partial charge in [0.25, 0.3) is 0 Å². The molecule has 1 aliphatic rings. The maximum absolute atomic E-state index is 11.0. The zero-order valence-corrected chi connectivity index (χ0v) is 19.0. The number of carbonyl (C=O) groups is 1. The van der Waals surface area contributed by atoms with E-state index in [4.69, 9.17) is 9.84 Å². The van der Waals surface area contributed by atoms with E-state index in [9.17, 15) is 4.79 Å². The molecule has 0 amide bonds. The number of hydrogen-bond donors (Lipinski definition) is 1. The van der Waals surface area contributed by atoms with Crippen molar-refractivity contribution in [2.75, 3.05) is 30.3 Å². The first-order valence-corrected chi connectivity index (χ1v) is 12.2. The van der Waals surface area contributed by atoms with E-state index in [1.54, 1.807) is 0 Å². The van der Waals surface area contributed by atoms with E-state index < -0.39 is 5.97 Å². The highest BCUT2D eigenvalue weighted by Gasteiger charge is 2.20. The van der Waals surface area contributed by atoms with Crippen LogP contribution in [0.4, 0.5) is 5.69 Å². The van der Waals surface area contributed by atoms with E-state index in [0.717, 1.165) is 43.7 Å². The molecular formula is C27H29NO3S. The Morgan fingerprint density at radius 2 is 1.62 bits per heavy atom. The summed E-state index contributed by atoms with van der Waals surface area (Å²) in [5, 5.41) is 9.30. The highest BCUT2D eigenvalue weighted by Crippen LogP contribution is 2.37. The van der Waals surface area contributed by atoms with Gasteiger partial charge in [-0.1, -0.05) is 66.7 Å². The van der Waals surface area contributed by atoms with Crippen LogP contribution < -0.4 is 9.64 Å². The van der Waals surface area contributed by atoms with Crippen molar-refractivity contribution in [2.45, 2.75) is 24.5 Å². The van der Waals surface area contributed by atoms with Crippen molar-refractivity contribution in [1.29, 1.82) is 0 Å². The van der Waals surface area contributed by atoms with Gasteiger partial charge in [-0.25, -0.2) is 4.79 Å². The molecule has 0 aliphatic carbocycles. The van der Waals surface area contributed by atoms with Gasteiger partial charge < -0.3 is 14.7 Å². The fourth-order valence-electron chi connectivity index (χ4n) is 4.25. The summed E-state index contributed by atoms with van der Waals surface area (Å²) in [6, 6.07) is 27.4. The summed E-state index contributed by atoms with van der Waals surface area (Å²) in [7, 11) is 0. The summed E-state index contributed by atoms with van der Waals surface area (Å²) in [4.78, 5) is 13.4. The first-order chi connectivity index (χ1) is 15.7. The molecule has 0 saturated heterocycles. The van der Waals surface area contributed by atoms with Gasteiger partial charge in [0.05, 0.1) is 5.25 Å². The van der Waals surface area contributed by atoms with E-state index in [2.05, 4.69) is 71.6 Å². The van der Waals surface area contributed by atoms with Gasteiger partial charge in [-0.15, -0.1) is 11.8 Å². The molecule has 0 aromatic heterocycles. The largest absolute Gasteiger partial charge is 0.482 e. The minimum absolute atomic E-state index is 0.300. The van der Waals surface area contributed by atoms with Crippen molar-refractivity contribution in [3.8, 4) is 5.75 Å². The molecule has 1 N–H and O–H groups in total. The minimum atomic E-state index is -0.947. The highest BCUT2D eigenvalue weighted by molar-refractivity contribution is 7.99. The summed E-state index contributed by atoms with van der Waals surface area (Å²) < 4.78 is 5.60. The Hall–Kier alpha value is -2.92. The number of hydrogen-bond acceptors (Lipinski definition) is 4. The Labute approximate surface area is 194 Å². The number of anilines is 1. The molecule has 0 spiro atoms. The Morgan fingerprint density at radius 1 is 0.938 bits per heavy atom. The molecule has 3 aromatic carbocycles. The fraction of sp³-hybridized carbons (Fsp3) is 0.296. The maximum atomic E-state index is 11.0. The molecule has 3 aromatic rings. The third kappa shape index (κ3) is 5.65. The van der Waals surface area contributed by atoms with Crippen LogP contribution in [0.3, 0.4) is 0 Å². The third-order valence-electron chi connectivity index (χ3n) is 5.76. The second-order valence-corrected chi connectivity index (χ2v) is 9.17.